The molecule has 1 saturated heterocycles. The van der Waals surface area contributed by atoms with Crippen LogP contribution in [-0.4, -0.2) is 57.5 Å². The van der Waals surface area contributed by atoms with Crippen molar-refractivity contribution in [2.24, 2.45) is 5.92 Å². The second kappa shape index (κ2) is 10.9. The van der Waals surface area contributed by atoms with E-state index in [9.17, 15) is 13.2 Å². The number of piperidine rings is 1. The minimum atomic E-state index is -3.72. The SMILES string of the molecule is CCOc1ccc(CCC2CCN(C(=O)c3ccc(S(=O)(=O)N(C)OC)cc3)CC2)cc1. The molecular formula is C24H32N2O5S. The number of likely N-dealkylation sites (tertiary alicyclic amines) is 1. The van der Waals surface area contributed by atoms with Crippen molar-refractivity contribution in [3.05, 3.63) is 59.7 Å². The molecule has 174 valence electrons. The Morgan fingerprint density at radius 1 is 1.06 bits per heavy atom. The van der Waals surface area contributed by atoms with Crippen LogP contribution < -0.4 is 4.74 Å². The first-order valence-electron chi connectivity index (χ1n) is 11.0. The summed E-state index contributed by atoms with van der Waals surface area (Å²) in [6.45, 7) is 4.09. The van der Waals surface area contributed by atoms with Crippen LogP contribution in [0.2, 0.25) is 0 Å². The fourth-order valence-corrected chi connectivity index (χ4v) is 4.89. The van der Waals surface area contributed by atoms with E-state index in [-0.39, 0.29) is 10.8 Å². The van der Waals surface area contributed by atoms with Crippen LogP contribution in [0.25, 0.3) is 0 Å². The third-order valence-corrected chi connectivity index (χ3v) is 7.67. The fourth-order valence-electron chi connectivity index (χ4n) is 3.91. The van der Waals surface area contributed by atoms with E-state index < -0.39 is 10.0 Å². The number of nitrogens with zero attached hydrogens (tertiary/aromatic N) is 2. The maximum Gasteiger partial charge on any atom is 0.264 e. The van der Waals surface area contributed by atoms with E-state index in [2.05, 4.69) is 12.1 Å². The summed E-state index contributed by atoms with van der Waals surface area (Å²) in [6, 6.07) is 14.3. The lowest BCUT2D eigenvalue weighted by molar-refractivity contribution is -0.0258. The van der Waals surface area contributed by atoms with Gasteiger partial charge in [0.2, 0.25) is 0 Å². The Kier molecular flexibility index (Phi) is 8.28. The Morgan fingerprint density at radius 2 is 1.69 bits per heavy atom. The van der Waals surface area contributed by atoms with Gasteiger partial charge in [0.25, 0.3) is 15.9 Å². The van der Waals surface area contributed by atoms with Crippen molar-refractivity contribution in [2.75, 3.05) is 33.9 Å². The molecular weight excluding hydrogens is 428 g/mol. The van der Waals surface area contributed by atoms with Crippen LogP contribution >= 0.6 is 0 Å². The summed E-state index contributed by atoms with van der Waals surface area (Å²) in [5.41, 5.74) is 1.80. The van der Waals surface area contributed by atoms with Gasteiger partial charge < -0.3 is 9.64 Å². The molecule has 1 aliphatic heterocycles. The summed E-state index contributed by atoms with van der Waals surface area (Å²) < 4.78 is 30.9. The van der Waals surface area contributed by atoms with Crippen LogP contribution in [0.4, 0.5) is 0 Å². The smallest absolute Gasteiger partial charge is 0.264 e. The number of rotatable bonds is 9. The lowest BCUT2D eigenvalue weighted by Crippen LogP contribution is -2.38. The first-order valence-corrected chi connectivity index (χ1v) is 12.4. The Morgan fingerprint density at radius 3 is 2.25 bits per heavy atom. The molecule has 0 radical (unpaired) electrons. The van der Waals surface area contributed by atoms with Gasteiger partial charge in [-0.25, -0.2) is 8.42 Å². The molecule has 0 saturated carbocycles. The van der Waals surface area contributed by atoms with E-state index in [0.717, 1.165) is 49.0 Å². The van der Waals surface area contributed by atoms with Crippen molar-refractivity contribution in [3.63, 3.8) is 0 Å². The van der Waals surface area contributed by atoms with Gasteiger partial charge in [-0.2, -0.15) is 0 Å². The number of hydroxylamine groups is 1. The molecule has 8 heteroatoms. The number of sulfonamides is 1. The van der Waals surface area contributed by atoms with Gasteiger partial charge in [-0.15, -0.1) is 0 Å². The number of aryl methyl sites for hydroxylation is 1. The van der Waals surface area contributed by atoms with Crippen molar-refractivity contribution < 1.29 is 22.8 Å². The molecule has 1 fully saturated rings. The second-order valence-corrected chi connectivity index (χ2v) is 9.91. The average molecular weight is 461 g/mol. The number of carbonyl (C=O) groups excluding carboxylic acids is 1. The summed E-state index contributed by atoms with van der Waals surface area (Å²) >= 11 is 0. The minimum absolute atomic E-state index is 0.0565. The maximum atomic E-state index is 12.9. The number of carbonyl (C=O) groups is 1. The van der Waals surface area contributed by atoms with Crippen molar-refractivity contribution in [2.45, 2.75) is 37.5 Å². The van der Waals surface area contributed by atoms with Gasteiger partial charge in [-0.1, -0.05) is 16.6 Å². The zero-order valence-electron chi connectivity index (χ0n) is 19.0. The van der Waals surface area contributed by atoms with Gasteiger partial charge in [0.1, 0.15) is 5.75 Å². The number of ether oxygens (including phenoxy) is 1. The predicted octanol–water partition coefficient (Wildman–Crippen LogP) is 3.75. The van der Waals surface area contributed by atoms with Crippen molar-refractivity contribution in [1.29, 1.82) is 0 Å². The molecule has 0 unspecified atom stereocenters. The zero-order chi connectivity index (χ0) is 23.1. The molecule has 3 rings (SSSR count). The third kappa shape index (κ3) is 5.88. The van der Waals surface area contributed by atoms with E-state index in [1.54, 1.807) is 12.1 Å². The Bertz CT molecular complexity index is 982. The molecule has 0 N–H and O–H groups in total. The Hall–Kier alpha value is -2.42. The normalized spacial score (nSPS) is 15.2. The summed E-state index contributed by atoms with van der Waals surface area (Å²) in [5, 5.41) is 0. The van der Waals surface area contributed by atoms with Crippen LogP contribution in [0.5, 0.6) is 5.75 Å². The van der Waals surface area contributed by atoms with Gasteiger partial charge in [-0.05, 0) is 80.5 Å². The predicted molar refractivity (Wildman–Crippen MR) is 123 cm³/mol. The maximum absolute atomic E-state index is 12.9. The molecule has 32 heavy (non-hydrogen) atoms. The minimum Gasteiger partial charge on any atom is -0.494 e. The van der Waals surface area contributed by atoms with Crippen molar-refractivity contribution >= 4 is 15.9 Å². The molecule has 0 aliphatic carbocycles. The van der Waals surface area contributed by atoms with Crippen LogP contribution in [0, 0.1) is 5.92 Å². The quantitative estimate of drug-likeness (QED) is 0.533. The standard InChI is InChI=1S/C24H32N2O5S/c1-4-31-22-11-7-19(8-12-22)5-6-20-15-17-26(18-16-20)24(27)21-9-13-23(14-10-21)32(28,29)25(2)30-3/h7-14,20H,4-6,15-18H2,1-3H3. The number of amides is 1. The first kappa shape index (κ1) is 24.2. The lowest BCUT2D eigenvalue weighted by atomic mass is 9.90. The molecule has 0 aromatic heterocycles. The molecule has 7 nitrogen and oxygen atoms in total. The van der Waals surface area contributed by atoms with Crippen LogP contribution in [0.15, 0.2) is 53.4 Å². The highest BCUT2D eigenvalue weighted by atomic mass is 32.2. The highest BCUT2D eigenvalue weighted by Gasteiger charge is 2.25. The average Bonchev–Trinajstić information content (AvgIpc) is 2.83. The summed E-state index contributed by atoms with van der Waals surface area (Å²) in [6.07, 6.45) is 4.09. The molecule has 2 aromatic rings. The van der Waals surface area contributed by atoms with E-state index in [1.807, 2.05) is 24.0 Å². The Balaban J connectivity index is 1.50. The van der Waals surface area contributed by atoms with Gasteiger partial charge in [0, 0.05) is 25.7 Å². The summed E-state index contributed by atoms with van der Waals surface area (Å²) in [7, 11) is -1.10. The topological polar surface area (TPSA) is 76.2 Å². The van der Waals surface area contributed by atoms with E-state index in [1.165, 1.54) is 31.9 Å². The van der Waals surface area contributed by atoms with Crippen LogP contribution in [0.3, 0.4) is 0 Å². The lowest BCUT2D eigenvalue weighted by Gasteiger charge is -2.32. The molecule has 2 aromatic carbocycles. The van der Waals surface area contributed by atoms with Crippen LogP contribution in [-0.2, 0) is 21.3 Å². The van der Waals surface area contributed by atoms with E-state index >= 15 is 0 Å². The third-order valence-electron chi connectivity index (χ3n) is 5.97. The highest BCUT2D eigenvalue weighted by molar-refractivity contribution is 7.89. The number of benzene rings is 2. The molecule has 1 amide bonds. The second-order valence-electron chi connectivity index (χ2n) is 7.97. The van der Waals surface area contributed by atoms with Crippen molar-refractivity contribution in [1.82, 2.24) is 9.37 Å². The summed E-state index contributed by atoms with van der Waals surface area (Å²) in [4.78, 5) is 19.6. The highest BCUT2D eigenvalue weighted by Crippen LogP contribution is 2.25. The largest absolute Gasteiger partial charge is 0.494 e. The molecule has 0 bridgehead atoms. The van der Waals surface area contributed by atoms with Crippen LogP contribution in [0.1, 0.15) is 42.1 Å². The van der Waals surface area contributed by atoms with Gasteiger partial charge >= 0.3 is 0 Å². The van der Waals surface area contributed by atoms with E-state index in [0.29, 0.717) is 18.1 Å². The van der Waals surface area contributed by atoms with E-state index in [4.69, 9.17) is 9.57 Å². The molecule has 0 atom stereocenters. The molecule has 0 spiro atoms. The number of hydrogen-bond acceptors (Lipinski definition) is 5. The monoisotopic (exact) mass is 460 g/mol. The Labute approximate surface area is 190 Å². The van der Waals surface area contributed by atoms with Gasteiger partial charge in [-0.3, -0.25) is 9.63 Å². The first-order chi connectivity index (χ1) is 15.3. The van der Waals surface area contributed by atoms with Crippen molar-refractivity contribution in [3.8, 4) is 5.75 Å². The summed E-state index contributed by atoms with van der Waals surface area (Å²) in [5.74, 6) is 1.45. The molecule has 1 heterocycles. The zero-order valence-corrected chi connectivity index (χ0v) is 19.8. The molecule has 1 aliphatic rings. The number of hydrogen-bond donors (Lipinski definition) is 0. The van der Waals surface area contributed by atoms with Gasteiger partial charge in [0.05, 0.1) is 18.6 Å². The fraction of sp³-hybridized carbons (Fsp3) is 0.458. The van der Waals surface area contributed by atoms with Gasteiger partial charge in [0.15, 0.2) is 0 Å².